The van der Waals surface area contributed by atoms with Crippen molar-refractivity contribution in [3.63, 3.8) is 0 Å². The summed E-state index contributed by atoms with van der Waals surface area (Å²) in [5.41, 5.74) is 2.58. The molecule has 2 N–H and O–H groups in total. The van der Waals surface area contributed by atoms with E-state index in [9.17, 15) is 4.79 Å². The molecule has 1 aromatic heterocycles. The van der Waals surface area contributed by atoms with Crippen LogP contribution in [0.1, 0.15) is 17.4 Å². The van der Waals surface area contributed by atoms with E-state index in [4.69, 9.17) is 4.42 Å². The zero-order chi connectivity index (χ0) is 15.1. The molecule has 0 fully saturated rings. The number of furan rings is 1. The van der Waals surface area contributed by atoms with Crippen molar-refractivity contribution in [1.29, 1.82) is 0 Å². The molecular weight excluding hydrogens is 344 g/mol. The first-order valence-corrected chi connectivity index (χ1v) is 7.82. The fraction of sp³-hybridized carbons (Fsp3) is 0.118. The zero-order valence-electron chi connectivity index (χ0n) is 11.6. The lowest BCUT2D eigenvalue weighted by molar-refractivity contribution is -0.115. The van der Waals surface area contributed by atoms with Gasteiger partial charge >= 0.3 is 0 Å². The molecule has 110 valence electrons. The Morgan fingerprint density at radius 1 is 1.14 bits per heavy atom. The Hall–Kier alpha value is -2.11. The number of carbonyl (C=O) groups is 1. The van der Waals surface area contributed by atoms with E-state index >= 15 is 0 Å². The molecule has 1 amide bonds. The standard InChI is InChI=1S/C17H13BrN2O2/c18-11-5-3-4-10(8-11)15-17-16(20-14(21)9-19-15)12-6-1-2-7-13(12)22-17/h1-8,15,19H,9H2,(H,20,21). The third-order valence-corrected chi connectivity index (χ3v) is 4.29. The summed E-state index contributed by atoms with van der Waals surface area (Å²) in [6.45, 7) is 0.246. The predicted molar refractivity (Wildman–Crippen MR) is 88.8 cm³/mol. The molecule has 1 aliphatic heterocycles. The maximum Gasteiger partial charge on any atom is 0.238 e. The van der Waals surface area contributed by atoms with E-state index in [1.165, 1.54) is 0 Å². The van der Waals surface area contributed by atoms with E-state index < -0.39 is 0 Å². The Kier molecular flexibility index (Phi) is 3.24. The number of fused-ring (bicyclic) bond motifs is 3. The molecule has 0 saturated carbocycles. The van der Waals surface area contributed by atoms with Crippen LogP contribution in [0.3, 0.4) is 0 Å². The fourth-order valence-electron chi connectivity index (χ4n) is 2.82. The lowest BCUT2D eigenvalue weighted by atomic mass is 10.0. The second-order valence-electron chi connectivity index (χ2n) is 5.25. The Labute approximate surface area is 135 Å². The molecule has 1 aliphatic rings. The van der Waals surface area contributed by atoms with E-state index in [0.29, 0.717) is 0 Å². The van der Waals surface area contributed by atoms with Crippen molar-refractivity contribution in [1.82, 2.24) is 5.32 Å². The van der Waals surface area contributed by atoms with Crippen LogP contribution in [0.2, 0.25) is 0 Å². The molecule has 0 radical (unpaired) electrons. The summed E-state index contributed by atoms with van der Waals surface area (Å²) in [7, 11) is 0. The van der Waals surface area contributed by atoms with Crippen LogP contribution in [0.4, 0.5) is 5.69 Å². The first kappa shape index (κ1) is 13.5. The third-order valence-electron chi connectivity index (χ3n) is 3.80. The molecule has 0 aliphatic carbocycles. The highest BCUT2D eigenvalue weighted by Gasteiger charge is 2.28. The first-order chi connectivity index (χ1) is 10.7. The molecule has 2 heterocycles. The van der Waals surface area contributed by atoms with Gasteiger partial charge in [0, 0.05) is 9.86 Å². The van der Waals surface area contributed by atoms with Gasteiger partial charge in [0.15, 0.2) is 0 Å². The smallest absolute Gasteiger partial charge is 0.238 e. The maximum atomic E-state index is 12.0. The second kappa shape index (κ2) is 5.26. The van der Waals surface area contributed by atoms with Gasteiger partial charge in [-0.3, -0.25) is 10.1 Å². The normalized spacial score (nSPS) is 17.9. The highest BCUT2D eigenvalue weighted by Crippen LogP contribution is 2.38. The fourth-order valence-corrected chi connectivity index (χ4v) is 3.24. The average Bonchev–Trinajstić information content (AvgIpc) is 2.78. The first-order valence-electron chi connectivity index (χ1n) is 7.02. The summed E-state index contributed by atoms with van der Waals surface area (Å²) in [6.07, 6.45) is 0. The molecule has 0 saturated heterocycles. The largest absolute Gasteiger partial charge is 0.457 e. The molecule has 5 heteroatoms. The molecule has 0 bridgehead atoms. The van der Waals surface area contributed by atoms with Crippen LogP contribution in [0.15, 0.2) is 57.4 Å². The Morgan fingerprint density at radius 3 is 2.86 bits per heavy atom. The molecule has 22 heavy (non-hydrogen) atoms. The van der Waals surface area contributed by atoms with Crippen LogP contribution in [0.25, 0.3) is 11.0 Å². The highest BCUT2D eigenvalue weighted by atomic mass is 79.9. The third kappa shape index (κ3) is 2.23. The lowest BCUT2D eigenvalue weighted by Crippen LogP contribution is -2.27. The molecule has 0 spiro atoms. The van der Waals surface area contributed by atoms with Gasteiger partial charge in [-0.25, -0.2) is 0 Å². The van der Waals surface area contributed by atoms with Crippen molar-refractivity contribution in [2.75, 3.05) is 11.9 Å². The van der Waals surface area contributed by atoms with Crippen LogP contribution < -0.4 is 10.6 Å². The number of amides is 1. The van der Waals surface area contributed by atoms with E-state index in [1.807, 2.05) is 48.5 Å². The predicted octanol–water partition coefficient (Wildman–Crippen LogP) is 3.83. The molecule has 2 aromatic carbocycles. The SMILES string of the molecule is O=C1CNC(c2cccc(Br)c2)c2oc3ccccc3c2N1. The number of halogens is 1. The number of anilines is 1. The van der Waals surface area contributed by atoms with Crippen molar-refractivity contribution in [2.45, 2.75) is 6.04 Å². The summed E-state index contributed by atoms with van der Waals surface area (Å²) in [5.74, 6) is 0.676. The maximum absolute atomic E-state index is 12.0. The van der Waals surface area contributed by atoms with Gasteiger partial charge in [0.25, 0.3) is 0 Å². The van der Waals surface area contributed by atoms with Crippen LogP contribution in [0, 0.1) is 0 Å². The van der Waals surface area contributed by atoms with Crippen molar-refractivity contribution < 1.29 is 9.21 Å². The van der Waals surface area contributed by atoms with E-state index in [1.54, 1.807) is 0 Å². The molecular formula is C17H13BrN2O2. The number of hydrogen-bond acceptors (Lipinski definition) is 3. The van der Waals surface area contributed by atoms with E-state index in [-0.39, 0.29) is 18.5 Å². The summed E-state index contributed by atoms with van der Waals surface area (Å²) in [6, 6.07) is 15.6. The number of benzene rings is 2. The monoisotopic (exact) mass is 356 g/mol. The number of carbonyl (C=O) groups excluding carboxylic acids is 1. The number of nitrogens with one attached hydrogen (secondary N) is 2. The van der Waals surface area contributed by atoms with Gasteiger partial charge in [-0.05, 0) is 29.8 Å². The highest BCUT2D eigenvalue weighted by molar-refractivity contribution is 9.10. The Bertz CT molecular complexity index is 872. The lowest BCUT2D eigenvalue weighted by Gasteiger charge is -2.15. The second-order valence-corrected chi connectivity index (χ2v) is 6.17. The zero-order valence-corrected chi connectivity index (χ0v) is 13.2. The van der Waals surface area contributed by atoms with Gasteiger partial charge in [0.1, 0.15) is 11.3 Å². The van der Waals surface area contributed by atoms with Crippen LogP contribution in [-0.4, -0.2) is 12.5 Å². The van der Waals surface area contributed by atoms with Crippen molar-refractivity contribution in [3.05, 3.63) is 64.3 Å². The summed E-state index contributed by atoms with van der Waals surface area (Å²) in [5, 5.41) is 7.14. The molecule has 3 aromatic rings. The minimum absolute atomic E-state index is 0.0645. The minimum atomic E-state index is -0.168. The van der Waals surface area contributed by atoms with Gasteiger partial charge in [0.2, 0.25) is 5.91 Å². The number of para-hydroxylation sites is 1. The molecule has 4 rings (SSSR count). The van der Waals surface area contributed by atoms with Gasteiger partial charge in [-0.1, -0.05) is 40.2 Å². The summed E-state index contributed by atoms with van der Waals surface area (Å²) < 4.78 is 7.03. The number of hydrogen-bond donors (Lipinski definition) is 2. The summed E-state index contributed by atoms with van der Waals surface area (Å²) >= 11 is 3.49. The summed E-state index contributed by atoms with van der Waals surface area (Å²) in [4.78, 5) is 12.0. The average molecular weight is 357 g/mol. The van der Waals surface area contributed by atoms with Gasteiger partial charge in [-0.15, -0.1) is 0 Å². The van der Waals surface area contributed by atoms with E-state index in [0.717, 1.165) is 32.5 Å². The van der Waals surface area contributed by atoms with Crippen LogP contribution in [0.5, 0.6) is 0 Å². The quantitative estimate of drug-likeness (QED) is 0.696. The Morgan fingerprint density at radius 2 is 2.00 bits per heavy atom. The van der Waals surface area contributed by atoms with Crippen LogP contribution in [-0.2, 0) is 4.79 Å². The van der Waals surface area contributed by atoms with Crippen molar-refractivity contribution in [2.24, 2.45) is 0 Å². The van der Waals surface area contributed by atoms with Crippen molar-refractivity contribution in [3.8, 4) is 0 Å². The number of rotatable bonds is 1. The van der Waals surface area contributed by atoms with Gasteiger partial charge in [0.05, 0.1) is 18.3 Å². The van der Waals surface area contributed by atoms with Gasteiger partial charge in [-0.2, -0.15) is 0 Å². The molecule has 4 nitrogen and oxygen atoms in total. The Balaban J connectivity index is 1.93. The van der Waals surface area contributed by atoms with Crippen molar-refractivity contribution >= 4 is 38.5 Å². The molecule has 1 atom stereocenters. The topological polar surface area (TPSA) is 54.3 Å². The van der Waals surface area contributed by atoms with Gasteiger partial charge < -0.3 is 9.73 Å². The van der Waals surface area contributed by atoms with E-state index in [2.05, 4.69) is 26.6 Å². The molecule has 1 unspecified atom stereocenters. The van der Waals surface area contributed by atoms with Crippen LogP contribution >= 0.6 is 15.9 Å². The minimum Gasteiger partial charge on any atom is -0.457 e.